The third-order valence-corrected chi connectivity index (χ3v) is 7.92. The maximum absolute atomic E-state index is 13.3. The van der Waals surface area contributed by atoms with E-state index in [-0.39, 0.29) is 30.9 Å². The number of nitro benzene ring substituents is 1. The Morgan fingerprint density at radius 1 is 0.891 bits per heavy atom. The summed E-state index contributed by atoms with van der Waals surface area (Å²) >= 11 is 0. The first-order valence-electron chi connectivity index (χ1n) is 14.4. The second-order valence-electron chi connectivity index (χ2n) is 10.7. The third kappa shape index (κ3) is 6.57. The summed E-state index contributed by atoms with van der Waals surface area (Å²) in [6.45, 7) is -1.04. The van der Waals surface area contributed by atoms with Crippen LogP contribution in [0.15, 0.2) is 103 Å². The molecule has 0 aromatic heterocycles. The Morgan fingerprint density at radius 3 is 1.87 bits per heavy atom. The van der Waals surface area contributed by atoms with Crippen molar-refractivity contribution in [3.8, 4) is 5.75 Å². The molecule has 0 radical (unpaired) electrons. The van der Waals surface area contributed by atoms with Gasteiger partial charge in [-0.05, 0) is 40.3 Å². The van der Waals surface area contributed by atoms with E-state index in [1.54, 1.807) is 0 Å². The van der Waals surface area contributed by atoms with Gasteiger partial charge < -0.3 is 14.4 Å². The maximum atomic E-state index is 13.3. The predicted molar refractivity (Wildman–Crippen MR) is 162 cm³/mol. The average Bonchev–Trinajstić information content (AvgIpc) is 3.08. The van der Waals surface area contributed by atoms with Crippen LogP contribution in [-0.4, -0.2) is 54.2 Å². The van der Waals surface area contributed by atoms with E-state index in [2.05, 4.69) is 5.32 Å². The second-order valence-corrected chi connectivity index (χ2v) is 10.7. The van der Waals surface area contributed by atoms with Crippen LogP contribution in [0.4, 0.5) is 18.9 Å². The van der Waals surface area contributed by atoms with Crippen molar-refractivity contribution in [3.05, 3.63) is 141 Å². The minimum absolute atomic E-state index is 0.0311. The van der Waals surface area contributed by atoms with Gasteiger partial charge in [-0.1, -0.05) is 91.0 Å². The molecule has 0 bridgehead atoms. The Kier molecular flexibility index (Phi) is 9.38. The molecule has 0 spiro atoms. The van der Waals surface area contributed by atoms with Crippen molar-refractivity contribution < 1.29 is 37.2 Å². The Balaban J connectivity index is 1.52. The molecule has 0 aliphatic carbocycles. The Morgan fingerprint density at radius 2 is 1.41 bits per heavy atom. The second kappa shape index (κ2) is 13.4. The van der Waals surface area contributed by atoms with Crippen molar-refractivity contribution in [3.63, 3.8) is 0 Å². The van der Waals surface area contributed by atoms with Gasteiger partial charge in [-0.25, -0.2) is 0 Å². The van der Waals surface area contributed by atoms with Gasteiger partial charge in [-0.2, -0.15) is 13.2 Å². The Bertz CT molecular complexity index is 1610. The molecule has 238 valence electrons. The van der Waals surface area contributed by atoms with Crippen molar-refractivity contribution in [2.75, 3.05) is 20.3 Å². The van der Waals surface area contributed by atoms with Crippen LogP contribution in [0.2, 0.25) is 0 Å². The van der Waals surface area contributed by atoms with Crippen molar-refractivity contribution in [2.45, 2.75) is 30.7 Å². The summed E-state index contributed by atoms with van der Waals surface area (Å²) < 4.78 is 50.2. The van der Waals surface area contributed by atoms with Crippen LogP contribution in [0, 0.1) is 10.1 Å². The molecule has 1 N–H and O–H groups in total. The number of alkyl halides is 3. The largest absolute Gasteiger partial charge is 0.485 e. The number of carbonyl (C=O) groups is 2. The number of fused-ring (bicyclic) bond motifs is 1. The molecule has 1 atom stereocenters. The highest BCUT2D eigenvalue weighted by molar-refractivity contribution is 5.82. The number of ether oxygens (including phenoxy) is 2. The quantitative estimate of drug-likeness (QED) is 0.106. The van der Waals surface area contributed by atoms with E-state index in [1.807, 2.05) is 91.0 Å². The molecule has 46 heavy (non-hydrogen) atoms. The monoisotopic (exact) mass is 633 g/mol. The number of amides is 1. The van der Waals surface area contributed by atoms with Crippen LogP contribution in [-0.2, 0) is 32.8 Å². The van der Waals surface area contributed by atoms with Crippen LogP contribution in [0.3, 0.4) is 0 Å². The van der Waals surface area contributed by atoms with E-state index < -0.39 is 46.8 Å². The number of nitro groups is 1. The molecule has 1 unspecified atom stereocenters. The third-order valence-electron chi connectivity index (χ3n) is 7.92. The van der Waals surface area contributed by atoms with E-state index in [4.69, 9.17) is 9.47 Å². The van der Waals surface area contributed by atoms with Crippen LogP contribution in [0.5, 0.6) is 5.75 Å². The molecule has 9 nitrogen and oxygen atoms in total. The molecule has 5 rings (SSSR count). The molecular formula is C34H30F3N3O6. The predicted octanol–water partition coefficient (Wildman–Crippen LogP) is 5.54. The van der Waals surface area contributed by atoms with Crippen LogP contribution < -0.4 is 10.1 Å². The molecule has 0 saturated heterocycles. The molecule has 0 fully saturated rings. The molecule has 1 amide bonds. The lowest BCUT2D eigenvalue weighted by Crippen LogP contribution is -2.55. The SMILES string of the molecule is COC(=O)C(COc1cc2c(cc1[N+](=O)[O-])CN(C(=O)C(F)(F)F)CC2)NC(c1ccccc1)(c1ccccc1)c1ccccc1. The van der Waals surface area contributed by atoms with Gasteiger partial charge >= 0.3 is 23.7 Å². The van der Waals surface area contributed by atoms with E-state index in [0.717, 1.165) is 22.8 Å². The Hall–Kier alpha value is -5.23. The summed E-state index contributed by atoms with van der Waals surface area (Å²) in [5, 5.41) is 15.5. The summed E-state index contributed by atoms with van der Waals surface area (Å²) in [5.74, 6) is -2.86. The molecule has 1 aliphatic rings. The lowest BCUT2D eigenvalue weighted by molar-refractivity contribution is -0.386. The van der Waals surface area contributed by atoms with Gasteiger partial charge in [0.15, 0.2) is 5.75 Å². The van der Waals surface area contributed by atoms with E-state index in [9.17, 15) is 32.9 Å². The number of methoxy groups -OCH3 is 1. The highest BCUT2D eigenvalue weighted by atomic mass is 19.4. The van der Waals surface area contributed by atoms with Gasteiger partial charge in [-0.3, -0.25) is 25.0 Å². The topological polar surface area (TPSA) is 111 Å². The molecule has 4 aromatic carbocycles. The smallest absolute Gasteiger partial charge is 0.471 e. The number of carbonyl (C=O) groups excluding carboxylic acids is 2. The first kappa shape index (κ1) is 32.2. The van der Waals surface area contributed by atoms with Crippen molar-refractivity contribution in [2.24, 2.45) is 0 Å². The van der Waals surface area contributed by atoms with Gasteiger partial charge in [0, 0.05) is 19.2 Å². The molecule has 1 aliphatic heterocycles. The summed E-state index contributed by atoms with van der Waals surface area (Å²) in [7, 11) is 1.22. The van der Waals surface area contributed by atoms with Crippen molar-refractivity contribution >= 4 is 17.6 Å². The molecular weight excluding hydrogens is 603 g/mol. The normalized spacial score (nSPS) is 13.8. The summed E-state index contributed by atoms with van der Waals surface area (Å²) in [5.41, 5.74) is 1.52. The molecule has 1 heterocycles. The number of halogens is 3. The molecule has 0 saturated carbocycles. The summed E-state index contributed by atoms with van der Waals surface area (Å²) in [6.07, 6.45) is -5.03. The van der Waals surface area contributed by atoms with Gasteiger partial charge in [0.05, 0.1) is 17.6 Å². The Labute approximate surface area is 262 Å². The van der Waals surface area contributed by atoms with Gasteiger partial charge in [0.2, 0.25) is 0 Å². The fraction of sp³-hybridized carbons (Fsp3) is 0.235. The van der Waals surface area contributed by atoms with Gasteiger partial charge in [-0.15, -0.1) is 0 Å². The fourth-order valence-corrected chi connectivity index (χ4v) is 5.74. The van der Waals surface area contributed by atoms with Gasteiger partial charge in [0.1, 0.15) is 12.6 Å². The molecule has 4 aromatic rings. The zero-order valence-electron chi connectivity index (χ0n) is 24.7. The van der Waals surface area contributed by atoms with E-state index in [0.29, 0.717) is 10.5 Å². The first-order chi connectivity index (χ1) is 22.0. The summed E-state index contributed by atoms with van der Waals surface area (Å²) in [6, 6.07) is 29.7. The van der Waals surface area contributed by atoms with Crippen LogP contribution >= 0.6 is 0 Å². The number of nitrogens with zero attached hydrogens (tertiary/aromatic N) is 2. The summed E-state index contributed by atoms with van der Waals surface area (Å²) in [4.78, 5) is 37.1. The number of esters is 1. The lowest BCUT2D eigenvalue weighted by atomic mass is 9.76. The minimum atomic E-state index is -5.06. The van der Waals surface area contributed by atoms with E-state index in [1.165, 1.54) is 13.2 Å². The van der Waals surface area contributed by atoms with Gasteiger partial charge in [0.25, 0.3) is 0 Å². The average molecular weight is 634 g/mol. The minimum Gasteiger partial charge on any atom is -0.485 e. The maximum Gasteiger partial charge on any atom is 0.471 e. The van der Waals surface area contributed by atoms with Crippen molar-refractivity contribution in [1.29, 1.82) is 0 Å². The van der Waals surface area contributed by atoms with E-state index >= 15 is 0 Å². The highest BCUT2D eigenvalue weighted by Gasteiger charge is 2.44. The number of nitrogens with one attached hydrogen (secondary N) is 1. The number of hydrogen-bond acceptors (Lipinski definition) is 7. The lowest BCUT2D eigenvalue weighted by Gasteiger charge is -2.39. The number of rotatable bonds is 10. The van der Waals surface area contributed by atoms with Crippen molar-refractivity contribution in [1.82, 2.24) is 10.2 Å². The molecule has 12 heteroatoms. The number of benzene rings is 4. The zero-order chi connectivity index (χ0) is 32.9. The number of hydrogen-bond donors (Lipinski definition) is 1. The standard InChI is InChI=1S/C34H30F3N3O6/c1-45-31(41)28(22-46-30-20-23-17-18-39(32(42)34(35,36)37)21-24(23)19-29(30)40(43)44)38-33(25-11-5-2-6-12-25,26-13-7-3-8-14-26)27-15-9-4-10-16-27/h2-16,19-20,28,38H,17-18,21-22H2,1H3. The zero-order valence-corrected chi connectivity index (χ0v) is 24.7. The fourth-order valence-electron chi connectivity index (χ4n) is 5.74. The van der Waals surface area contributed by atoms with Crippen LogP contribution in [0.25, 0.3) is 0 Å². The van der Waals surface area contributed by atoms with Crippen LogP contribution in [0.1, 0.15) is 27.8 Å². The first-order valence-corrected chi connectivity index (χ1v) is 14.4. The highest BCUT2D eigenvalue weighted by Crippen LogP contribution is 2.38.